The molecule has 0 radical (unpaired) electrons. The van der Waals surface area contributed by atoms with E-state index in [1.165, 1.54) is 0 Å². The normalized spacial score (nSPS) is 19.2. The minimum Gasteiger partial charge on any atom is -0.458 e. The van der Waals surface area contributed by atoms with Crippen molar-refractivity contribution in [3.05, 3.63) is 17.0 Å². The highest BCUT2D eigenvalue weighted by Crippen LogP contribution is 2.23. The zero-order chi connectivity index (χ0) is 13.1. The molecule has 5 heteroatoms. The number of ether oxygens (including phenoxy) is 1. The quantitative estimate of drug-likeness (QED) is 0.787. The number of rotatable bonds is 4. The van der Waals surface area contributed by atoms with Gasteiger partial charge in [0.15, 0.2) is 0 Å². The Labute approximate surface area is 112 Å². The van der Waals surface area contributed by atoms with Gasteiger partial charge < -0.3 is 4.74 Å². The van der Waals surface area contributed by atoms with Gasteiger partial charge in [0.2, 0.25) is 0 Å². The Balaban J connectivity index is 2.13. The zero-order valence-corrected chi connectivity index (χ0v) is 12.0. The smallest absolute Gasteiger partial charge is 0.342 e. The van der Waals surface area contributed by atoms with Gasteiger partial charge in [-0.1, -0.05) is 6.92 Å². The van der Waals surface area contributed by atoms with Gasteiger partial charge in [-0.25, -0.2) is 4.79 Å². The molecule has 18 heavy (non-hydrogen) atoms. The van der Waals surface area contributed by atoms with E-state index in [2.05, 4.69) is 12.0 Å². The number of hydrogen-bond acceptors (Lipinski definition) is 4. The number of hydrogen-bond donors (Lipinski definition) is 0. The van der Waals surface area contributed by atoms with Gasteiger partial charge in [0, 0.05) is 12.3 Å². The molecule has 1 aromatic rings. The molecule has 1 aliphatic rings. The molecular formula is C13H20N2O2S. The van der Waals surface area contributed by atoms with Crippen molar-refractivity contribution in [2.75, 3.05) is 11.5 Å². The lowest BCUT2D eigenvalue weighted by Gasteiger charge is -2.10. The van der Waals surface area contributed by atoms with Crippen molar-refractivity contribution in [1.29, 1.82) is 0 Å². The summed E-state index contributed by atoms with van der Waals surface area (Å²) in [5, 5.41) is 4.41. The molecule has 0 saturated carbocycles. The highest BCUT2D eigenvalue weighted by molar-refractivity contribution is 7.99. The Hall–Kier alpha value is -0.970. The van der Waals surface area contributed by atoms with E-state index in [-0.39, 0.29) is 12.1 Å². The molecule has 1 aliphatic heterocycles. The van der Waals surface area contributed by atoms with Crippen LogP contribution < -0.4 is 0 Å². The van der Waals surface area contributed by atoms with Crippen molar-refractivity contribution >= 4 is 17.7 Å². The Morgan fingerprint density at radius 2 is 2.33 bits per heavy atom. The summed E-state index contributed by atoms with van der Waals surface area (Å²) >= 11 is 1.84. The second kappa shape index (κ2) is 5.78. The highest BCUT2D eigenvalue weighted by atomic mass is 32.2. The van der Waals surface area contributed by atoms with Gasteiger partial charge in [0.05, 0.1) is 11.4 Å². The van der Waals surface area contributed by atoms with Crippen LogP contribution in [-0.2, 0) is 11.3 Å². The summed E-state index contributed by atoms with van der Waals surface area (Å²) in [5.74, 6) is 1.80. The molecule has 1 aromatic heterocycles. The van der Waals surface area contributed by atoms with Crippen molar-refractivity contribution in [2.45, 2.75) is 46.3 Å². The largest absolute Gasteiger partial charge is 0.458 e. The van der Waals surface area contributed by atoms with Crippen molar-refractivity contribution in [2.24, 2.45) is 0 Å². The lowest BCUT2D eigenvalue weighted by molar-refractivity contribution is 0.0355. The second-order valence-corrected chi connectivity index (χ2v) is 5.81. The summed E-state index contributed by atoms with van der Waals surface area (Å²) in [6.07, 6.45) is 2.06. The van der Waals surface area contributed by atoms with Crippen molar-refractivity contribution in [3.63, 3.8) is 0 Å². The van der Waals surface area contributed by atoms with Crippen molar-refractivity contribution < 1.29 is 9.53 Å². The van der Waals surface area contributed by atoms with Crippen LogP contribution in [0.3, 0.4) is 0 Å². The van der Waals surface area contributed by atoms with E-state index in [0.717, 1.165) is 42.3 Å². The maximum absolute atomic E-state index is 12.2. The van der Waals surface area contributed by atoms with E-state index in [1.54, 1.807) is 0 Å². The first-order chi connectivity index (χ1) is 8.63. The summed E-state index contributed by atoms with van der Waals surface area (Å²) < 4.78 is 7.44. The van der Waals surface area contributed by atoms with Gasteiger partial charge >= 0.3 is 5.97 Å². The molecule has 0 unspecified atom stereocenters. The predicted octanol–water partition coefficient (Wildman–Crippen LogP) is 2.57. The molecule has 2 heterocycles. The fourth-order valence-electron chi connectivity index (χ4n) is 2.24. The van der Waals surface area contributed by atoms with E-state index in [4.69, 9.17) is 4.74 Å². The van der Waals surface area contributed by atoms with Crippen LogP contribution in [-0.4, -0.2) is 33.4 Å². The maximum Gasteiger partial charge on any atom is 0.342 e. The van der Waals surface area contributed by atoms with Crippen molar-refractivity contribution in [3.8, 4) is 0 Å². The summed E-state index contributed by atoms with van der Waals surface area (Å²) in [6.45, 7) is 6.76. The summed E-state index contributed by atoms with van der Waals surface area (Å²) in [6, 6.07) is 0. The first kappa shape index (κ1) is 13.5. The molecule has 100 valence electrons. The van der Waals surface area contributed by atoms with Gasteiger partial charge in [-0.05, 0) is 32.4 Å². The van der Waals surface area contributed by atoms with Gasteiger partial charge in [-0.3, -0.25) is 4.68 Å². The predicted molar refractivity (Wildman–Crippen MR) is 73.1 cm³/mol. The van der Waals surface area contributed by atoms with Gasteiger partial charge in [0.1, 0.15) is 11.7 Å². The van der Waals surface area contributed by atoms with Crippen LogP contribution in [0.1, 0.15) is 41.5 Å². The van der Waals surface area contributed by atoms with Crippen LogP contribution in [0.2, 0.25) is 0 Å². The zero-order valence-electron chi connectivity index (χ0n) is 11.2. The molecule has 1 fully saturated rings. The van der Waals surface area contributed by atoms with E-state index >= 15 is 0 Å². The lowest BCUT2D eigenvalue weighted by atomic mass is 10.2. The number of esters is 1. The molecule has 4 nitrogen and oxygen atoms in total. The average Bonchev–Trinajstić information content (AvgIpc) is 2.89. The highest BCUT2D eigenvalue weighted by Gasteiger charge is 2.25. The molecule has 2 rings (SSSR count). The van der Waals surface area contributed by atoms with Crippen LogP contribution in [0.5, 0.6) is 0 Å². The minimum atomic E-state index is -0.208. The fourth-order valence-corrected chi connectivity index (χ4v) is 3.33. The van der Waals surface area contributed by atoms with Gasteiger partial charge in [0.25, 0.3) is 0 Å². The SMILES string of the molecule is CCCn1nc(C)c(C(=O)O[C@@H]2CCSC2)c1C. The third kappa shape index (κ3) is 2.71. The maximum atomic E-state index is 12.2. The van der Waals surface area contributed by atoms with Crippen LogP contribution in [0.4, 0.5) is 0 Å². The van der Waals surface area contributed by atoms with Gasteiger partial charge in [-0.2, -0.15) is 16.9 Å². The molecule has 0 aliphatic carbocycles. The molecule has 0 amide bonds. The van der Waals surface area contributed by atoms with Crippen LogP contribution in [0.15, 0.2) is 0 Å². The summed E-state index contributed by atoms with van der Waals surface area (Å²) in [5.41, 5.74) is 2.35. The summed E-state index contributed by atoms with van der Waals surface area (Å²) in [7, 11) is 0. The number of carbonyl (C=O) groups excluding carboxylic acids is 1. The average molecular weight is 268 g/mol. The Morgan fingerprint density at radius 3 is 2.94 bits per heavy atom. The van der Waals surface area contributed by atoms with Crippen molar-refractivity contribution in [1.82, 2.24) is 9.78 Å². The number of aromatic nitrogens is 2. The second-order valence-electron chi connectivity index (χ2n) is 4.66. The Kier molecular flexibility index (Phi) is 4.32. The van der Waals surface area contributed by atoms with E-state index in [9.17, 15) is 4.79 Å². The van der Waals surface area contributed by atoms with E-state index < -0.39 is 0 Å². The number of nitrogens with zero attached hydrogens (tertiary/aromatic N) is 2. The van der Waals surface area contributed by atoms with Crippen LogP contribution in [0, 0.1) is 13.8 Å². The van der Waals surface area contributed by atoms with E-state index in [0.29, 0.717) is 5.56 Å². The third-order valence-electron chi connectivity index (χ3n) is 3.18. The Bertz CT molecular complexity index is 436. The molecule has 0 N–H and O–H groups in total. The summed E-state index contributed by atoms with van der Waals surface area (Å²) in [4.78, 5) is 12.2. The minimum absolute atomic E-state index is 0.0795. The Morgan fingerprint density at radius 1 is 1.56 bits per heavy atom. The number of thioether (sulfide) groups is 1. The molecule has 1 saturated heterocycles. The van der Waals surface area contributed by atoms with Crippen LogP contribution in [0.25, 0.3) is 0 Å². The number of aryl methyl sites for hydroxylation is 2. The lowest BCUT2D eigenvalue weighted by Crippen LogP contribution is -2.18. The fraction of sp³-hybridized carbons (Fsp3) is 0.692. The third-order valence-corrected chi connectivity index (χ3v) is 4.31. The molecule has 1 atom stereocenters. The molecule has 0 spiro atoms. The standard InChI is InChI=1S/C13H20N2O2S/c1-4-6-15-10(3)12(9(2)14-15)13(16)17-11-5-7-18-8-11/h11H,4-8H2,1-3H3/t11-/m1/s1. The van der Waals surface area contributed by atoms with Crippen LogP contribution >= 0.6 is 11.8 Å². The molecule has 0 aromatic carbocycles. The topological polar surface area (TPSA) is 44.1 Å². The van der Waals surface area contributed by atoms with E-state index in [1.807, 2.05) is 30.3 Å². The van der Waals surface area contributed by atoms with Gasteiger partial charge in [-0.15, -0.1) is 0 Å². The molecular weight excluding hydrogens is 248 g/mol. The number of carbonyl (C=O) groups is 1. The first-order valence-corrected chi connectivity index (χ1v) is 7.61. The first-order valence-electron chi connectivity index (χ1n) is 6.46. The molecule has 0 bridgehead atoms. The monoisotopic (exact) mass is 268 g/mol.